The third-order valence-electron chi connectivity index (χ3n) is 2.98. The topological polar surface area (TPSA) is 115 Å². The van der Waals surface area contributed by atoms with Crippen LogP contribution in [0.15, 0.2) is 4.52 Å². The van der Waals surface area contributed by atoms with E-state index in [-0.39, 0.29) is 32.1 Å². The van der Waals surface area contributed by atoms with Crippen LogP contribution in [0.2, 0.25) is 0 Å². The maximum absolute atomic E-state index is 12.1. The van der Waals surface area contributed by atoms with Crippen molar-refractivity contribution in [2.45, 2.75) is 26.0 Å². The number of aliphatic carboxylic acids is 1. The molecule has 1 aromatic rings. The van der Waals surface area contributed by atoms with Gasteiger partial charge in [-0.25, -0.2) is 0 Å². The fraction of sp³-hybridized carbons (Fsp3) is 0.667. The molecule has 1 aromatic heterocycles. The van der Waals surface area contributed by atoms with Crippen LogP contribution in [0.5, 0.6) is 0 Å². The van der Waals surface area contributed by atoms with E-state index < -0.39 is 12.0 Å². The minimum absolute atomic E-state index is 0.0422. The number of carboxylic acid groups (broad SMARTS) is 1. The van der Waals surface area contributed by atoms with Gasteiger partial charge < -0.3 is 24.0 Å². The van der Waals surface area contributed by atoms with Crippen LogP contribution in [0.3, 0.4) is 0 Å². The highest BCUT2D eigenvalue weighted by molar-refractivity contribution is 5.79. The highest BCUT2D eigenvalue weighted by Crippen LogP contribution is 2.11. The number of nitrogens with zero attached hydrogens (tertiary/aromatic N) is 3. The normalized spacial score (nSPS) is 18.7. The summed E-state index contributed by atoms with van der Waals surface area (Å²) >= 11 is 0. The van der Waals surface area contributed by atoms with Crippen LogP contribution >= 0.6 is 0 Å². The van der Waals surface area contributed by atoms with Crippen LogP contribution in [-0.2, 0) is 25.7 Å². The van der Waals surface area contributed by atoms with Crippen molar-refractivity contribution in [3.63, 3.8) is 0 Å². The lowest BCUT2D eigenvalue weighted by Crippen LogP contribution is -2.50. The van der Waals surface area contributed by atoms with Crippen molar-refractivity contribution in [3.05, 3.63) is 11.7 Å². The molecule has 1 fully saturated rings. The minimum atomic E-state index is -0.967. The Balaban J connectivity index is 1.81. The molecule has 0 saturated carbocycles. The Bertz CT molecular complexity index is 503. The molecular formula is C12H17N3O6. The number of ether oxygens (including phenoxy) is 2. The molecule has 1 amide bonds. The fourth-order valence-electron chi connectivity index (χ4n) is 2.06. The van der Waals surface area contributed by atoms with Crippen LogP contribution in [0.1, 0.15) is 18.1 Å². The van der Waals surface area contributed by atoms with Crippen molar-refractivity contribution in [1.29, 1.82) is 0 Å². The lowest BCUT2D eigenvalue weighted by molar-refractivity contribution is -0.149. The quantitative estimate of drug-likeness (QED) is 0.754. The largest absolute Gasteiger partial charge is 0.481 e. The van der Waals surface area contributed by atoms with Gasteiger partial charge in [0.2, 0.25) is 5.91 Å². The number of rotatable bonds is 6. The number of amides is 1. The Kier molecular flexibility index (Phi) is 5.23. The zero-order chi connectivity index (χ0) is 15.2. The molecule has 1 saturated heterocycles. The van der Waals surface area contributed by atoms with Crippen molar-refractivity contribution >= 4 is 11.9 Å². The molecule has 2 rings (SSSR count). The maximum atomic E-state index is 12.1. The van der Waals surface area contributed by atoms with Crippen LogP contribution in [-0.4, -0.2) is 64.4 Å². The predicted molar refractivity (Wildman–Crippen MR) is 67.3 cm³/mol. The summed E-state index contributed by atoms with van der Waals surface area (Å²) in [6.07, 6.45) is -0.144. The number of morpholine rings is 1. The molecule has 9 nitrogen and oxygen atoms in total. The molecule has 21 heavy (non-hydrogen) atoms. The highest BCUT2D eigenvalue weighted by atomic mass is 16.5. The van der Waals surface area contributed by atoms with E-state index in [2.05, 4.69) is 10.1 Å². The van der Waals surface area contributed by atoms with Gasteiger partial charge in [-0.2, -0.15) is 4.98 Å². The molecule has 1 aliphatic heterocycles. The van der Waals surface area contributed by atoms with Gasteiger partial charge in [0, 0.05) is 6.54 Å². The second-order valence-corrected chi connectivity index (χ2v) is 4.64. The molecule has 0 bridgehead atoms. The predicted octanol–water partition coefficient (Wildman–Crippen LogP) is -0.403. The van der Waals surface area contributed by atoms with E-state index in [1.54, 1.807) is 6.92 Å². The summed E-state index contributed by atoms with van der Waals surface area (Å²) in [5.74, 6) is -0.453. The molecule has 0 spiro atoms. The second-order valence-electron chi connectivity index (χ2n) is 4.64. The Hall–Kier alpha value is -2.00. The summed E-state index contributed by atoms with van der Waals surface area (Å²) in [4.78, 5) is 28.3. The van der Waals surface area contributed by atoms with Gasteiger partial charge in [0.15, 0.2) is 5.82 Å². The van der Waals surface area contributed by atoms with Crippen LogP contribution in [0.4, 0.5) is 0 Å². The van der Waals surface area contributed by atoms with E-state index in [4.69, 9.17) is 19.1 Å². The van der Waals surface area contributed by atoms with E-state index in [0.717, 1.165) is 0 Å². The molecule has 9 heteroatoms. The Morgan fingerprint density at radius 3 is 3.00 bits per heavy atom. The van der Waals surface area contributed by atoms with E-state index in [0.29, 0.717) is 24.9 Å². The standard InChI is InChI=1S/C12H17N3O6/c1-8-13-10(21-14-8)6-20-7-11(16)15-2-3-19-5-9(15)4-12(17)18/h9H,2-7H2,1H3,(H,17,18). The lowest BCUT2D eigenvalue weighted by atomic mass is 10.1. The number of aromatic nitrogens is 2. The molecule has 0 radical (unpaired) electrons. The zero-order valence-electron chi connectivity index (χ0n) is 11.7. The molecule has 0 aliphatic carbocycles. The van der Waals surface area contributed by atoms with Crippen LogP contribution < -0.4 is 0 Å². The van der Waals surface area contributed by atoms with Crippen molar-refractivity contribution in [2.75, 3.05) is 26.4 Å². The number of aryl methyl sites for hydroxylation is 1. The van der Waals surface area contributed by atoms with Gasteiger partial charge in [0.25, 0.3) is 5.89 Å². The summed E-state index contributed by atoms with van der Waals surface area (Å²) < 4.78 is 15.3. The van der Waals surface area contributed by atoms with Crippen LogP contribution in [0, 0.1) is 6.92 Å². The molecule has 0 aromatic carbocycles. The summed E-state index contributed by atoms with van der Waals surface area (Å²) in [7, 11) is 0. The molecule has 2 heterocycles. The van der Waals surface area contributed by atoms with Gasteiger partial charge in [0.05, 0.1) is 25.7 Å². The van der Waals surface area contributed by atoms with Crippen molar-refractivity contribution in [1.82, 2.24) is 15.0 Å². The monoisotopic (exact) mass is 299 g/mol. The third-order valence-corrected chi connectivity index (χ3v) is 2.98. The maximum Gasteiger partial charge on any atom is 0.305 e. The first-order valence-electron chi connectivity index (χ1n) is 6.52. The Morgan fingerprint density at radius 2 is 2.33 bits per heavy atom. The number of hydrogen-bond donors (Lipinski definition) is 1. The lowest BCUT2D eigenvalue weighted by Gasteiger charge is -2.34. The molecule has 1 unspecified atom stereocenters. The van der Waals surface area contributed by atoms with Gasteiger partial charge in [-0.1, -0.05) is 5.16 Å². The smallest absolute Gasteiger partial charge is 0.305 e. The van der Waals surface area contributed by atoms with Gasteiger partial charge in [-0.15, -0.1) is 0 Å². The van der Waals surface area contributed by atoms with Gasteiger partial charge in [-0.3, -0.25) is 9.59 Å². The Morgan fingerprint density at radius 1 is 1.52 bits per heavy atom. The highest BCUT2D eigenvalue weighted by Gasteiger charge is 2.29. The summed E-state index contributed by atoms with van der Waals surface area (Å²) in [5.41, 5.74) is 0. The van der Waals surface area contributed by atoms with Gasteiger partial charge in [0.1, 0.15) is 13.2 Å². The summed E-state index contributed by atoms with van der Waals surface area (Å²) in [5, 5.41) is 12.4. The average Bonchev–Trinajstić information content (AvgIpc) is 2.84. The minimum Gasteiger partial charge on any atom is -0.481 e. The first-order chi connectivity index (χ1) is 10.1. The molecule has 1 aliphatic rings. The number of hydrogen-bond acceptors (Lipinski definition) is 7. The number of carbonyl (C=O) groups excluding carboxylic acids is 1. The molecule has 1 atom stereocenters. The average molecular weight is 299 g/mol. The SMILES string of the molecule is Cc1noc(COCC(=O)N2CCOCC2CC(=O)O)n1. The Labute approximate surface area is 120 Å². The summed E-state index contributed by atoms with van der Waals surface area (Å²) in [6, 6.07) is -0.460. The zero-order valence-corrected chi connectivity index (χ0v) is 11.7. The first-order valence-corrected chi connectivity index (χ1v) is 6.52. The van der Waals surface area contributed by atoms with E-state index in [1.165, 1.54) is 4.90 Å². The molecule has 116 valence electrons. The third kappa shape index (κ3) is 4.50. The van der Waals surface area contributed by atoms with Crippen LogP contribution in [0.25, 0.3) is 0 Å². The van der Waals surface area contributed by atoms with Crippen molar-refractivity contribution in [3.8, 4) is 0 Å². The number of carboxylic acids is 1. The summed E-state index contributed by atoms with van der Waals surface area (Å²) in [6.45, 7) is 2.53. The number of carbonyl (C=O) groups is 2. The van der Waals surface area contributed by atoms with E-state index in [9.17, 15) is 9.59 Å². The van der Waals surface area contributed by atoms with Crippen molar-refractivity contribution in [2.24, 2.45) is 0 Å². The van der Waals surface area contributed by atoms with Crippen molar-refractivity contribution < 1.29 is 28.7 Å². The first kappa shape index (κ1) is 15.4. The fourth-order valence-corrected chi connectivity index (χ4v) is 2.06. The van der Waals surface area contributed by atoms with E-state index in [1.807, 2.05) is 0 Å². The second kappa shape index (κ2) is 7.14. The van der Waals surface area contributed by atoms with E-state index >= 15 is 0 Å². The molecule has 1 N–H and O–H groups in total. The van der Waals surface area contributed by atoms with Gasteiger partial charge in [-0.05, 0) is 6.92 Å². The van der Waals surface area contributed by atoms with Gasteiger partial charge >= 0.3 is 5.97 Å². The molecular weight excluding hydrogens is 282 g/mol.